The molecule has 1 aromatic carbocycles. The van der Waals surface area contributed by atoms with Crippen molar-refractivity contribution in [2.24, 2.45) is 0 Å². The Morgan fingerprint density at radius 2 is 2.19 bits per heavy atom. The average Bonchev–Trinajstić information content (AvgIpc) is 3.15. The van der Waals surface area contributed by atoms with E-state index in [9.17, 15) is 4.79 Å². The van der Waals surface area contributed by atoms with Crippen molar-refractivity contribution in [1.29, 1.82) is 0 Å². The Labute approximate surface area is 151 Å². The molecule has 1 atom stereocenters. The summed E-state index contributed by atoms with van der Waals surface area (Å²) in [4.78, 5) is 22.4. The van der Waals surface area contributed by atoms with E-state index in [1.807, 2.05) is 18.2 Å². The fraction of sp³-hybridized carbons (Fsp3) is 0.316. The summed E-state index contributed by atoms with van der Waals surface area (Å²) in [5.41, 5.74) is 0.895. The van der Waals surface area contributed by atoms with Crippen LogP contribution >= 0.6 is 0 Å². The number of rotatable bonds is 4. The maximum atomic E-state index is 12.5. The van der Waals surface area contributed by atoms with Crippen molar-refractivity contribution in [2.75, 3.05) is 19.9 Å². The first kappa shape index (κ1) is 16.4. The molecule has 2 aliphatic rings. The van der Waals surface area contributed by atoms with Crippen LogP contribution in [0.2, 0.25) is 0 Å². The van der Waals surface area contributed by atoms with Crippen molar-refractivity contribution in [1.82, 2.24) is 14.9 Å². The number of piperidine rings is 1. The Bertz CT molecular complexity index is 810. The van der Waals surface area contributed by atoms with Crippen molar-refractivity contribution in [3.8, 4) is 17.4 Å². The molecule has 1 saturated heterocycles. The van der Waals surface area contributed by atoms with Crippen molar-refractivity contribution < 1.29 is 19.0 Å². The van der Waals surface area contributed by atoms with Gasteiger partial charge in [0.2, 0.25) is 18.6 Å². The molecule has 3 heterocycles. The molecule has 2 aliphatic heterocycles. The van der Waals surface area contributed by atoms with E-state index in [1.165, 1.54) is 0 Å². The molecule has 1 fully saturated rings. The molecule has 0 N–H and O–H groups in total. The average molecular weight is 353 g/mol. The van der Waals surface area contributed by atoms with E-state index in [0.717, 1.165) is 30.7 Å². The standard InChI is InChI=1S/C19H19N3O4/c23-19(6-4-14-3-5-16-17(10-14)25-13-24-16)22-9-1-2-15(12-22)26-18-11-20-7-8-21-18/h3-8,10-11,15H,1-2,9,12-13H2/b6-4+. The van der Waals surface area contributed by atoms with E-state index in [1.54, 1.807) is 35.6 Å². The third-order valence-electron chi connectivity index (χ3n) is 4.33. The van der Waals surface area contributed by atoms with E-state index in [0.29, 0.717) is 18.2 Å². The van der Waals surface area contributed by atoms with Crippen LogP contribution in [-0.4, -0.2) is 46.8 Å². The third kappa shape index (κ3) is 3.77. The highest BCUT2D eigenvalue weighted by molar-refractivity contribution is 5.92. The molecular weight excluding hydrogens is 334 g/mol. The summed E-state index contributed by atoms with van der Waals surface area (Å²) in [7, 11) is 0. The fourth-order valence-electron chi connectivity index (χ4n) is 3.04. The molecule has 1 amide bonds. The van der Waals surface area contributed by atoms with Crippen LogP contribution in [-0.2, 0) is 4.79 Å². The maximum Gasteiger partial charge on any atom is 0.246 e. The highest BCUT2D eigenvalue weighted by Gasteiger charge is 2.24. The van der Waals surface area contributed by atoms with E-state index in [-0.39, 0.29) is 18.8 Å². The van der Waals surface area contributed by atoms with Gasteiger partial charge in [0.15, 0.2) is 11.5 Å². The number of carbonyl (C=O) groups excluding carboxylic acids is 1. The Balaban J connectivity index is 1.36. The van der Waals surface area contributed by atoms with Gasteiger partial charge in [-0.1, -0.05) is 6.07 Å². The summed E-state index contributed by atoms with van der Waals surface area (Å²) in [6.45, 7) is 1.51. The van der Waals surface area contributed by atoms with Gasteiger partial charge < -0.3 is 19.1 Å². The molecule has 0 spiro atoms. The number of carbonyl (C=O) groups is 1. The van der Waals surface area contributed by atoms with Crippen molar-refractivity contribution >= 4 is 12.0 Å². The number of hydrogen-bond acceptors (Lipinski definition) is 6. The minimum Gasteiger partial charge on any atom is -0.471 e. The lowest BCUT2D eigenvalue weighted by atomic mass is 10.1. The van der Waals surface area contributed by atoms with E-state index >= 15 is 0 Å². The van der Waals surface area contributed by atoms with Gasteiger partial charge in [-0.2, -0.15) is 0 Å². The van der Waals surface area contributed by atoms with Gasteiger partial charge in [-0.05, 0) is 36.6 Å². The molecule has 7 nitrogen and oxygen atoms in total. The van der Waals surface area contributed by atoms with Gasteiger partial charge >= 0.3 is 0 Å². The normalized spacial score (nSPS) is 18.9. The molecule has 1 unspecified atom stereocenters. The Kier molecular flexibility index (Phi) is 4.68. The summed E-state index contributed by atoms with van der Waals surface area (Å²) in [6, 6.07) is 5.61. The molecule has 7 heteroatoms. The Hall–Kier alpha value is -3.09. The first-order valence-electron chi connectivity index (χ1n) is 8.57. The van der Waals surface area contributed by atoms with E-state index in [4.69, 9.17) is 14.2 Å². The van der Waals surface area contributed by atoms with Crippen molar-refractivity contribution in [3.63, 3.8) is 0 Å². The fourth-order valence-corrected chi connectivity index (χ4v) is 3.04. The quantitative estimate of drug-likeness (QED) is 0.785. The number of aromatic nitrogens is 2. The zero-order chi connectivity index (χ0) is 17.8. The second kappa shape index (κ2) is 7.43. The largest absolute Gasteiger partial charge is 0.471 e. The molecular formula is C19H19N3O4. The van der Waals surface area contributed by atoms with Crippen LogP contribution in [0.25, 0.3) is 6.08 Å². The second-order valence-corrected chi connectivity index (χ2v) is 6.16. The molecule has 0 saturated carbocycles. The lowest BCUT2D eigenvalue weighted by molar-refractivity contribution is -0.128. The van der Waals surface area contributed by atoms with Gasteiger partial charge in [-0.25, -0.2) is 4.98 Å². The molecule has 2 aromatic rings. The van der Waals surface area contributed by atoms with Crippen LogP contribution in [0.4, 0.5) is 0 Å². The van der Waals surface area contributed by atoms with Gasteiger partial charge in [-0.15, -0.1) is 0 Å². The minimum absolute atomic E-state index is 0.0323. The van der Waals surface area contributed by atoms with E-state index < -0.39 is 0 Å². The SMILES string of the molecule is O=C(/C=C/c1ccc2c(c1)OCO2)N1CCCC(Oc2cnccn2)C1. The number of likely N-dealkylation sites (tertiary alicyclic amines) is 1. The number of nitrogens with zero attached hydrogens (tertiary/aromatic N) is 3. The second-order valence-electron chi connectivity index (χ2n) is 6.16. The number of fused-ring (bicyclic) bond motifs is 1. The van der Waals surface area contributed by atoms with E-state index in [2.05, 4.69) is 9.97 Å². The van der Waals surface area contributed by atoms with Crippen LogP contribution in [0.3, 0.4) is 0 Å². The number of amides is 1. The molecule has 26 heavy (non-hydrogen) atoms. The lowest BCUT2D eigenvalue weighted by Gasteiger charge is -2.31. The number of ether oxygens (including phenoxy) is 3. The monoisotopic (exact) mass is 353 g/mol. The summed E-state index contributed by atoms with van der Waals surface area (Å²) in [6.07, 6.45) is 9.88. The molecule has 134 valence electrons. The zero-order valence-corrected chi connectivity index (χ0v) is 14.2. The number of hydrogen-bond donors (Lipinski definition) is 0. The van der Waals surface area contributed by atoms with Crippen LogP contribution in [0.5, 0.6) is 17.4 Å². The highest BCUT2D eigenvalue weighted by Crippen LogP contribution is 2.32. The maximum absolute atomic E-state index is 12.5. The highest BCUT2D eigenvalue weighted by atomic mass is 16.7. The van der Waals surface area contributed by atoms with Gasteiger partial charge in [0.1, 0.15) is 6.10 Å². The topological polar surface area (TPSA) is 73.8 Å². The van der Waals surface area contributed by atoms with Crippen molar-refractivity contribution in [2.45, 2.75) is 18.9 Å². The van der Waals surface area contributed by atoms with Crippen LogP contribution in [0.1, 0.15) is 18.4 Å². The molecule has 4 rings (SSSR count). The molecule has 1 aromatic heterocycles. The predicted molar refractivity (Wildman–Crippen MR) is 93.9 cm³/mol. The smallest absolute Gasteiger partial charge is 0.246 e. The summed E-state index contributed by atoms with van der Waals surface area (Å²) >= 11 is 0. The van der Waals surface area contributed by atoms with Gasteiger partial charge in [0, 0.05) is 25.0 Å². The summed E-state index contributed by atoms with van der Waals surface area (Å²) in [5, 5.41) is 0. The van der Waals surface area contributed by atoms with Gasteiger partial charge in [0.25, 0.3) is 0 Å². The molecule has 0 radical (unpaired) electrons. The Morgan fingerprint density at radius 3 is 3.08 bits per heavy atom. The minimum atomic E-state index is -0.0663. The first-order chi connectivity index (χ1) is 12.8. The number of benzene rings is 1. The first-order valence-corrected chi connectivity index (χ1v) is 8.57. The van der Waals surface area contributed by atoms with Gasteiger partial charge in [0.05, 0.1) is 12.7 Å². The van der Waals surface area contributed by atoms with Crippen LogP contribution in [0.15, 0.2) is 42.9 Å². The molecule has 0 aliphatic carbocycles. The third-order valence-corrected chi connectivity index (χ3v) is 4.33. The van der Waals surface area contributed by atoms with Gasteiger partial charge in [-0.3, -0.25) is 9.78 Å². The summed E-state index contributed by atoms with van der Waals surface area (Å²) < 4.78 is 16.5. The molecule has 0 bridgehead atoms. The predicted octanol–water partition coefficient (Wildman–Crippen LogP) is 2.29. The Morgan fingerprint density at radius 1 is 1.27 bits per heavy atom. The lowest BCUT2D eigenvalue weighted by Crippen LogP contribution is -2.43. The van der Waals surface area contributed by atoms with Crippen LogP contribution in [0, 0.1) is 0 Å². The summed E-state index contributed by atoms with van der Waals surface area (Å²) in [5.74, 6) is 1.89. The van der Waals surface area contributed by atoms with Crippen molar-refractivity contribution in [3.05, 3.63) is 48.4 Å². The zero-order valence-electron chi connectivity index (χ0n) is 14.2. The van der Waals surface area contributed by atoms with Crippen LogP contribution < -0.4 is 14.2 Å².